The molecule has 3 aromatic rings. The van der Waals surface area contributed by atoms with Crippen LogP contribution in [-0.2, 0) is 11.3 Å². The summed E-state index contributed by atoms with van der Waals surface area (Å²) in [7, 11) is 1.59. The Kier molecular flexibility index (Phi) is 7.73. The lowest BCUT2D eigenvalue weighted by Crippen LogP contribution is -2.36. The first kappa shape index (κ1) is 23.2. The topological polar surface area (TPSA) is 76.1 Å². The molecule has 1 atom stereocenters. The number of carbonyl (C=O) groups excluding carboxylic acids is 1. The van der Waals surface area contributed by atoms with Gasteiger partial charge in [-0.3, -0.25) is 4.79 Å². The van der Waals surface area contributed by atoms with Gasteiger partial charge in [0.2, 0.25) is 0 Å². The van der Waals surface area contributed by atoms with Crippen molar-refractivity contribution in [1.29, 1.82) is 0 Å². The van der Waals surface area contributed by atoms with Crippen LogP contribution in [0.3, 0.4) is 0 Å². The largest absolute Gasteiger partial charge is 0.497 e. The van der Waals surface area contributed by atoms with Crippen molar-refractivity contribution >= 4 is 23.5 Å². The predicted molar refractivity (Wildman–Crippen MR) is 122 cm³/mol. The summed E-state index contributed by atoms with van der Waals surface area (Å²) >= 11 is 5.89. The third kappa shape index (κ3) is 5.80. The number of benzene rings is 3. The summed E-state index contributed by atoms with van der Waals surface area (Å²) in [6.45, 7) is 1.96. The molecule has 3 aromatic carbocycles. The number of nitrogens with zero attached hydrogens (tertiary/aromatic N) is 1. The molecule has 0 unspecified atom stereocenters. The first-order valence-corrected chi connectivity index (χ1v) is 10.4. The molecule has 0 aliphatic rings. The number of halogens is 1. The molecule has 32 heavy (non-hydrogen) atoms. The van der Waals surface area contributed by atoms with Crippen LogP contribution in [0.1, 0.15) is 34.5 Å². The Morgan fingerprint density at radius 1 is 1.03 bits per heavy atom. The molecule has 0 aliphatic carbocycles. The molecule has 0 radical (unpaired) electrons. The molecular weight excluding hydrogens is 430 g/mol. The van der Waals surface area contributed by atoms with Crippen molar-refractivity contribution in [2.45, 2.75) is 19.5 Å². The van der Waals surface area contributed by atoms with Crippen LogP contribution < -0.4 is 9.47 Å². The van der Waals surface area contributed by atoms with Crippen molar-refractivity contribution in [3.8, 4) is 11.5 Å². The van der Waals surface area contributed by atoms with E-state index in [0.29, 0.717) is 12.3 Å². The highest BCUT2D eigenvalue weighted by Gasteiger charge is 2.23. The fourth-order valence-corrected chi connectivity index (χ4v) is 3.51. The second-order valence-corrected chi connectivity index (χ2v) is 7.63. The second-order valence-electron chi connectivity index (χ2n) is 7.19. The SMILES string of the molecule is COc1cccc(CN(C(=O)COc2ccc(Cl)cc2C(=O)O)[C@H](C)c2ccccc2)c1. The van der Waals surface area contributed by atoms with Gasteiger partial charge in [0.05, 0.1) is 13.2 Å². The van der Waals surface area contributed by atoms with Crippen LogP contribution >= 0.6 is 11.6 Å². The molecule has 7 heteroatoms. The van der Waals surface area contributed by atoms with Crippen molar-refractivity contribution in [3.05, 3.63) is 94.5 Å². The monoisotopic (exact) mass is 453 g/mol. The molecule has 6 nitrogen and oxygen atoms in total. The summed E-state index contributed by atoms with van der Waals surface area (Å²) in [5.74, 6) is -0.675. The third-order valence-electron chi connectivity index (χ3n) is 5.08. The number of aromatic carboxylic acids is 1. The first-order chi connectivity index (χ1) is 15.4. The maximum Gasteiger partial charge on any atom is 0.339 e. The highest BCUT2D eigenvalue weighted by molar-refractivity contribution is 6.31. The Morgan fingerprint density at radius 3 is 2.47 bits per heavy atom. The van der Waals surface area contributed by atoms with E-state index < -0.39 is 5.97 Å². The summed E-state index contributed by atoms with van der Waals surface area (Å²) in [6.07, 6.45) is 0. The smallest absolute Gasteiger partial charge is 0.339 e. The van der Waals surface area contributed by atoms with Gasteiger partial charge in [-0.2, -0.15) is 0 Å². The Bertz CT molecular complexity index is 1090. The zero-order valence-electron chi connectivity index (χ0n) is 17.8. The van der Waals surface area contributed by atoms with E-state index in [-0.39, 0.29) is 34.9 Å². The molecule has 0 spiro atoms. The summed E-state index contributed by atoms with van der Waals surface area (Å²) < 4.78 is 10.9. The molecule has 1 N–H and O–H groups in total. The predicted octanol–water partition coefficient (Wildman–Crippen LogP) is 5.22. The average molecular weight is 454 g/mol. The molecule has 0 aliphatic heterocycles. The van der Waals surface area contributed by atoms with Gasteiger partial charge in [0.25, 0.3) is 5.91 Å². The fraction of sp³-hybridized carbons (Fsp3) is 0.200. The molecule has 0 heterocycles. The summed E-state index contributed by atoms with van der Waals surface area (Å²) in [4.78, 5) is 26.4. The van der Waals surface area contributed by atoms with Crippen LogP contribution in [0.4, 0.5) is 0 Å². The maximum atomic E-state index is 13.2. The van der Waals surface area contributed by atoms with Gasteiger partial charge in [-0.05, 0) is 48.4 Å². The fourth-order valence-electron chi connectivity index (χ4n) is 3.34. The van der Waals surface area contributed by atoms with Crippen LogP contribution in [0, 0.1) is 0 Å². The molecule has 0 bridgehead atoms. The van der Waals surface area contributed by atoms with Gasteiger partial charge in [-0.15, -0.1) is 0 Å². The van der Waals surface area contributed by atoms with Crippen molar-refractivity contribution in [3.63, 3.8) is 0 Å². The van der Waals surface area contributed by atoms with Crippen LogP contribution in [0.15, 0.2) is 72.8 Å². The maximum absolute atomic E-state index is 13.2. The van der Waals surface area contributed by atoms with E-state index in [1.54, 1.807) is 12.0 Å². The average Bonchev–Trinajstić information content (AvgIpc) is 2.81. The normalized spacial score (nSPS) is 11.5. The van der Waals surface area contributed by atoms with Gasteiger partial charge < -0.3 is 19.5 Å². The number of methoxy groups -OCH3 is 1. The number of carbonyl (C=O) groups is 2. The van der Waals surface area contributed by atoms with E-state index in [9.17, 15) is 14.7 Å². The number of hydrogen-bond acceptors (Lipinski definition) is 4. The number of amides is 1. The summed E-state index contributed by atoms with van der Waals surface area (Å²) in [5.41, 5.74) is 1.78. The number of rotatable bonds is 9. The van der Waals surface area contributed by atoms with Crippen LogP contribution in [0.25, 0.3) is 0 Å². The Labute approximate surface area is 192 Å². The molecule has 3 rings (SSSR count). The number of ether oxygens (including phenoxy) is 2. The lowest BCUT2D eigenvalue weighted by Gasteiger charge is -2.30. The molecule has 0 fully saturated rings. The van der Waals surface area contributed by atoms with E-state index >= 15 is 0 Å². The number of hydrogen-bond donors (Lipinski definition) is 1. The van der Waals surface area contributed by atoms with Gasteiger partial charge in [-0.1, -0.05) is 54.1 Å². The Hall–Kier alpha value is -3.51. The van der Waals surface area contributed by atoms with E-state index in [2.05, 4.69) is 0 Å². The third-order valence-corrected chi connectivity index (χ3v) is 5.32. The van der Waals surface area contributed by atoms with Crippen LogP contribution in [0.2, 0.25) is 5.02 Å². The second kappa shape index (κ2) is 10.7. The van der Waals surface area contributed by atoms with Crippen molar-refractivity contribution in [2.75, 3.05) is 13.7 Å². The highest BCUT2D eigenvalue weighted by atomic mass is 35.5. The van der Waals surface area contributed by atoms with E-state index in [1.807, 2.05) is 61.5 Å². The lowest BCUT2D eigenvalue weighted by molar-refractivity contribution is -0.136. The molecule has 0 saturated carbocycles. The molecule has 0 aromatic heterocycles. The van der Waals surface area contributed by atoms with Gasteiger partial charge in [0.15, 0.2) is 6.61 Å². The molecular formula is C25H24ClNO5. The van der Waals surface area contributed by atoms with Crippen LogP contribution in [-0.4, -0.2) is 35.6 Å². The van der Waals surface area contributed by atoms with Gasteiger partial charge in [0.1, 0.15) is 17.1 Å². The minimum atomic E-state index is -1.18. The highest BCUT2D eigenvalue weighted by Crippen LogP contribution is 2.26. The van der Waals surface area contributed by atoms with Crippen LogP contribution in [0.5, 0.6) is 11.5 Å². The standard InChI is InChI=1S/C25H24ClNO5/c1-17(19-8-4-3-5-9-19)27(15-18-7-6-10-21(13-18)31-2)24(28)16-32-23-12-11-20(26)14-22(23)25(29)30/h3-14,17H,15-16H2,1-2H3,(H,29,30)/t17-/m1/s1. The van der Waals surface area contributed by atoms with Gasteiger partial charge in [0, 0.05) is 11.6 Å². The Balaban J connectivity index is 1.84. The van der Waals surface area contributed by atoms with Crippen molar-refractivity contribution in [2.24, 2.45) is 0 Å². The first-order valence-electron chi connectivity index (χ1n) is 10.0. The van der Waals surface area contributed by atoms with E-state index in [1.165, 1.54) is 18.2 Å². The summed E-state index contributed by atoms with van der Waals surface area (Å²) in [5, 5.41) is 9.68. The quantitative estimate of drug-likeness (QED) is 0.481. The van der Waals surface area contributed by atoms with E-state index in [0.717, 1.165) is 11.1 Å². The minimum absolute atomic E-state index is 0.0870. The number of carboxylic acids is 1. The lowest BCUT2D eigenvalue weighted by atomic mass is 10.1. The zero-order valence-corrected chi connectivity index (χ0v) is 18.6. The number of carboxylic acid groups (broad SMARTS) is 1. The minimum Gasteiger partial charge on any atom is -0.497 e. The van der Waals surface area contributed by atoms with E-state index in [4.69, 9.17) is 21.1 Å². The Morgan fingerprint density at radius 2 is 1.78 bits per heavy atom. The van der Waals surface area contributed by atoms with Crippen molar-refractivity contribution < 1.29 is 24.2 Å². The molecule has 0 saturated heterocycles. The van der Waals surface area contributed by atoms with Gasteiger partial charge >= 0.3 is 5.97 Å². The molecule has 1 amide bonds. The zero-order chi connectivity index (χ0) is 23.1. The summed E-state index contributed by atoms with van der Waals surface area (Å²) in [6, 6.07) is 21.2. The molecule has 166 valence electrons. The van der Waals surface area contributed by atoms with Crippen molar-refractivity contribution in [1.82, 2.24) is 4.90 Å². The van der Waals surface area contributed by atoms with Gasteiger partial charge in [-0.25, -0.2) is 4.79 Å².